The topological polar surface area (TPSA) is 23.5 Å². The van der Waals surface area contributed by atoms with E-state index in [0.29, 0.717) is 0 Å². The van der Waals surface area contributed by atoms with E-state index in [9.17, 15) is 5.21 Å². The van der Waals surface area contributed by atoms with Crippen LogP contribution in [0.2, 0.25) is 0 Å². The first-order chi connectivity index (χ1) is 8.70. The van der Waals surface area contributed by atoms with Crippen LogP contribution in [0, 0.1) is 0 Å². The Balaban J connectivity index is 2.14. The van der Waals surface area contributed by atoms with Crippen molar-refractivity contribution in [2.75, 3.05) is 0 Å². The lowest BCUT2D eigenvalue weighted by Gasteiger charge is -2.29. The largest absolute Gasteiger partial charge is 0.313 e. The van der Waals surface area contributed by atoms with E-state index in [1.165, 1.54) is 5.06 Å². The van der Waals surface area contributed by atoms with Gasteiger partial charge in [-0.1, -0.05) is 60.7 Å². The molecule has 0 heterocycles. The third kappa shape index (κ3) is 2.78. The maximum Gasteiger partial charge on any atom is 0.0578 e. The number of hydrogen-bond acceptors (Lipinski definition) is 2. The van der Waals surface area contributed by atoms with Crippen LogP contribution in [0.5, 0.6) is 0 Å². The molecular weight excluding hydrogens is 222 g/mol. The van der Waals surface area contributed by atoms with Gasteiger partial charge in [0.25, 0.3) is 0 Å². The second-order valence-electron chi connectivity index (χ2n) is 4.55. The summed E-state index contributed by atoms with van der Waals surface area (Å²) < 4.78 is 0. The van der Waals surface area contributed by atoms with Gasteiger partial charge in [-0.15, -0.1) is 0 Å². The van der Waals surface area contributed by atoms with Crippen LogP contribution < -0.4 is 0 Å². The molecule has 0 aliphatic carbocycles. The summed E-state index contributed by atoms with van der Waals surface area (Å²) in [6.07, 6.45) is 0. The van der Waals surface area contributed by atoms with E-state index in [1.807, 2.05) is 74.5 Å². The van der Waals surface area contributed by atoms with Crippen LogP contribution in [0.1, 0.15) is 37.1 Å². The van der Waals surface area contributed by atoms with Gasteiger partial charge < -0.3 is 5.21 Å². The summed E-state index contributed by atoms with van der Waals surface area (Å²) in [6, 6.07) is 20.0. The molecule has 2 rings (SSSR count). The standard InChI is InChI=1S/C16H19NO/c1-13(15-9-5-3-6-10-15)17(18)14(2)16-11-7-4-8-12-16/h3-14,18H,1-2H3/t13-,14+. The molecule has 0 aliphatic heterocycles. The smallest absolute Gasteiger partial charge is 0.0578 e. The monoisotopic (exact) mass is 241 g/mol. The molecule has 2 heteroatoms. The molecule has 18 heavy (non-hydrogen) atoms. The summed E-state index contributed by atoms with van der Waals surface area (Å²) >= 11 is 0. The molecule has 2 nitrogen and oxygen atoms in total. The summed E-state index contributed by atoms with van der Waals surface area (Å²) in [7, 11) is 0. The number of benzene rings is 2. The van der Waals surface area contributed by atoms with Crippen molar-refractivity contribution in [1.29, 1.82) is 0 Å². The fourth-order valence-corrected chi connectivity index (χ4v) is 2.10. The van der Waals surface area contributed by atoms with Crippen molar-refractivity contribution in [2.24, 2.45) is 0 Å². The van der Waals surface area contributed by atoms with Crippen molar-refractivity contribution in [3.63, 3.8) is 0 Å². The molecule has 0 amide bonds. The van der Waals surface area contributed by atoms with E-state index in [0.717, 1.165) is 11.1 Å². The normalized spacial score (nSPS) is 14.4. The first-order valence-electron chi connectivity index (χ1n) is 6.27. The van der Waals surface area contributed by atoms with E-state index < -0.39 is 0 Å². The van der Waals surface area contributed by atoms with Crippen molar-refractivity contribution < 1.29 is 5.21 Å². The number of hydrogen-bond donors (Lipinski definition) is 1. The van der Waals surface area contributed by atoms with Crippen LogP contribution >= 0.6 is 0 Å². The molecule has 0 saturated carbocycles. The Hall–Kier alpha value is -1.64. The number of rotatable bonds is 4. The van der Waals surface area contributed by atoms with Crippen LogP contribution in [0.4, 0.5) is 0 Å². The maximum atomic E-state index is 10.3. The Kier molecular flexibility index (Phi) is 4.13. The minimum absolute atomic E-state index is 0.0265. The first-order valence-corrected chi connectivity index (χ1v) is 6.27. The van der Waals surface area contributed by atoms with Crippen molar-refractivity contribution in [1.82, 2.24) is 5.06 Å². The number of hydroxylamine groups is 2. The van der Waals surface area contributed by atoms with E-state index in [1.54, 1.807) is 0 Å². The highest BCUT2D eigenvalue weighted by Crippen LogP contribution is 2.27. The van der Waals surface area contributed by atoms with Crippen LogP contribution in [-0.2, 0) is 0 Å². The predicted octanol–water partition coefficient (Wildman–Crippen LogP) is 4.20. The fourth-order valence-electron chi connectivity index (χ4n) is 2.10. The average Bonchev–Trinajstić information content (AvgIpc) is 2.47. The zero-order chi connectivity index (χ0) is 13.0. The minimum atomic E-state index is -0.0265. The van der Waals surface area contributed by atoms with Gasteiger partial charge in [0.2, 0.25) is 0 Å². The third-order valence-electron chi connectivity index (χ3n) is 3.36. The zero-order valence-electron chi connectivity index (χ0n) is 10.8. The van der Waals surface area contributed by atoms with Crippen LogP contribution in [0.3, 0.4) is 0 Å². The van der Waals surface area contributed by atoms with Crippen LogP contribution in [0.15, 0.2) is 60.7 Å². The summed E-state index contributed by atoms with van der Waals surface area (Å²) in [5.41, 5.74) is 2.23. The zero-order valence-corrected chi connectivity index (χ0v) is 10.8. The molecular formula is C16H19NO. The summed E-state index contributed by atoms with van der Waals surface area (Å²) in [5.74, 6) is 0. The Bertz CT molecular complexity index is 423. The van der Waals surface area contributed by atoms with Gasteiger partial charge in [-0.2, -0.15) is 5.06 Å². The van der Waals surface area contributed by atoms with Gasteiger partial charge in [0, 0.05) is 0 Å². The van der Waals surface area contributed by atoms with E-state index in [4.69, 9.17) is 0 Å². The molecule has 0 aliphatic rings. The first kappa shape index (κ1) is 12.8. The maximum absolute atomic E-state index is 10.3. The Morgan fingerprint density at radius 3 is 1.39 bits per heavy atom. The molecule has 0 unspecified atom stereocenters. The Morgan fingerprint density at radius 2 is 1.06 bits per heavy atom. The van der Waals surface area contributed by atoms with Gasteiger partial charge in [0.05, 0.1) is 12.1 Å². The van der Waals surface area contributed by atoms with Gasteiger partial charge in [-0.3, -0.25) is 0 Å². The van der Waals surface area contributed by atoms with Crippen molar-refractivity contribution >= 4 is 0 Å². The third-order valence-corrected chi connectivity index (χ3v) is 3.36. The van der Waals surface area contributed by atoms with Crippen LogP contribution in [-0.4, -0.2) is 10.3 Å². The van der Waals surface area contributed by atoms with Gasteiger partial charge in [0.1, 0.15) is 0 Å². The highest BCUT2D eigenvalue weighted by Gasteiger charge is 2.20. The molecule has 94 valence electrons. The van der Waals surface area contributed by atoms with Gasteiger partial charge in [-0.05, 0) is 25.0 Å². The van der Waals surface area contributed by atoms with E-state index >= 15 is 0 Å². The molecule has 1 N–H and O–H groups in total. The second kappa shape index (κ2) is 5.80. The molecule has 0 bridgehead atoms. The van der Waals surface area contributed by atoms with Crippen molar-refractivity contribution in [3.8, 4) is 0 Å². The summed E-state index contributed by atoms with van der Waals surface area (Å²) in [5, 5.41) is 11.7. The molecule has 2 atom stereocenters. The number of nitrogens with zero attached hydrogens (tertiary/aromatic N) is 1. The Labute approximate surface area is 108 Å². The fraction of sp³-hybridized carbons (Fsp3) is 0.250. The summed E-state index contributed by atoms with van der Waals surface area (Å²) in [4.78, 5) is 0. The SMILES string of the molecule is C[C@H](c1ccccc1)N(O)[C@@H](C)c1ccccc1. The van der Waals surface area contributed by atoms with Gasteiger partial charge in [0.15, 0.2) is 0 Å². The Morgan fingerprint density at radius 1 is 0.722 bits per heavy atom. The predicted molar refractivity (Wildman–Crippen MR) is 73.3 cm³/mol. The van der Waals surface area contributed by atoms with E-state index in [2.05, 4.69) is 0 Å². The molecule has 2 aromatic carbocycles. The molecule has 0 radical (unpaired) electrons. The lowest BCUT2D eigenvalue weighted by molar-refractivity contribution is -0.155. The molecule has 2 aromatic rings. The lowest BCUT2D eigenvalue weighted by Crippen LogP contribution is -2.26. The van der Waals surface area contributed by atoms with Crippen molar-refractivity contribution in [3.05, 3.63) is 71.8 Å². The second-order valence-corrected chi connectivity index (χ2v) is 4.55. The highest BCUT2D eigenvalue weighted by molar-refractivity contribution is 5.21. The van der Waals surface area contributed by atoms with Crippen LogP contribution in [0.25, 0.3) is 0 Å². The molecule has 0 fully saturated rings. The molecule has 0 spiro atoms. The summed E-state index contributed by atoms with van der Waals surface area (Å²) in [6.45, 7) is 4.02. The van der Waals surface area contributed by atoms with Gasteiger partial charge >= 0.3 is 0 Å². The van der Waals surface area contributed by atoms with Gasteiger partial charge in [-0.25, -0.2) is 0 Å². The molecule has 0 aromatic heterocycles. The lowest BCUT2D eigenvalue weighted by atomic mass is 10.0. The average molecular weight is 241 g/mol. The quantitative estimate of drug-likeness (QED) is 0.811. The molecule has 0 saturated heterocycles. The minimum Gasteiger partial charge on any atom is -0.313 e. The van der Waals surface area contributed by atoms with E-state index in [-0.39, 0.29) is 12.1 Å². The highest BCUT2D eigenvalue weighted by atomic mass is 16.5. The van der Waals surface area contributed by atoms with Crippen molar-refractivity contribution in [2.45, 2.75) is 25.9 Å².